The van der Waals surface area contributed by atoms with Gasteiger partial charge < -0.3 is 30.7 Å². The lowest BCUT2D eigenvalue weighted by atomic mass is 10.1. The fraction of sp³-hybridized carbons (Fsp3) is 0.312. The van der Waals surface area contributed by atoms with Gasteiger partial charge in [-0.1, -0.05) is 30.3 Å². The summed E-state index contributed by atoms with van der Waals surface area (Å²) in [5.74, 6) is 0.106. The van der Waals surface area contributed by atoms with Crippen molar-refractivity contribution in [3.63, 3.8) is 0 Å². The largest absolute Gasteiger partial charge is 0.478 e. The fourth-order valence-corrected chi connectivity index (χ4v) is 1.96. The van der Waals surface area contributed by atoms with E-state index in [1.165, 1.54) is 13.3 Å². The van der Waals surface area contributed by atoms with Gasteiger partial charge >= 0.3 is 6.09 Å². The number of carbonyl (C=O) groups excluding carboxylic acids is 1. The van der Waals surface area contributed by atoms with E-state index in [2.05, 4.69) is 15.3 Å². The number of aliphatic hydroxyl groups is 2. The predicted molar refractivity (Wildman–Crippen MR) is 88.6 cm³/mol. The molecule has 2 unspecified atom stereocenters. The van der Waals surface area contributed by atoms with E-state index in [1.54, 1.807) is 0 Å². The van der Waals surface area contributed by atoms with Crippen LogP contribution in [-0.4, -0.2) is 46.0 Å². The molecule has 0 aliphatic carbocycles. The van der Waals surface area contributed by atoms with Gasteiger partial charge in [0.25, 0.3) is 5.88 Å². The van der Waals surface area contributed by atoms with Crippen LogP contribution >= 0.6 is 0 Å². The highest BCUT2D eigenvalue weighted by molar-refractivity contribution is 5.67. The summed E-state index contributed by atoms with van der Waals surface area (Å²) >= 11 is 0. The molecule has 0 saturated carbocycles. The van der Waals surface area contributed by atoms with Crippen LogP contribution in [0.1, 0.15) is 17.4 Å². The molecule has 0 spiro atoms. The van der Waals surface area contributed by atoms with Gasteiger partial charge in [-0.05, 0) is 5.56 Å². The average molecular weight is 348 g/mol. The molecule has 0 fully saturated rings. The average Bonchev–Trinajstić information content (AvgIpc) is 2.65. The zero-order valence-corrected chi connectivity index (χ0v) is 13.6. The molecule has 0 radical (unpaired) electrons. The van der Waals surface area contributed by atoms with E-state index in [-0.39, 0.29) is 30.5 Å². The quantitative estimate of drug-likeness (QED) is 0.563. The van der Waals surface area contributed by atoms with Crippen LogP contribution in [0, 0.1) is 0 Å². The summed E-state index contributed by atoms with van der Waals surface area (Å²) in [5, 5.41) is 22.4. The molecule has 5 N–H and O–H groups in total. The smallest absolute Gasteiger partial charge is 0.407 e. The van der Waals surface area contributed by atoms with Gasteiger partial charge in [0.05, 0.1) is 19.0 Å². The monoisotopic (exact) mass is 348 g/mol. The van der Waals surface area contributed by atoms with E-state index in [1.807, 2.05) is 30.3 Å². The first-order chi connectivity index (χ1) is 12.0. The number of alkyl carbamates (subject to hydrolysis) is 1. The van der Waals surface area contributed by atoms with Gasteiger partial charge in [0, 0.05) is 6.54 Å². The van der Waals surface area contributed by atoms with Gasteiger partial charge in [0.15, 0.2) is 5.82 Å². The number of carbonyl (C=O) groups is 1. The number of methoxy groups -OCH3 is 1. The minimum absolute atomic E-state index is 0.0407. The Morgan fingerprint density at radius 1 is 1.32 bits per heavy atom. The van der Waals surface area contributed by atoms with Gasteiger partial charge in [-0.15, -0.1) is 0 Å². The van der Waals surface area contributed by atoms with Crippen molar-refractivity contribution in [1.29, 1.82) is 0 Å². The summed E-state index contributed by atoms with van der Waals surface area (Å²) in [5.41, 5.74) is 6.44. The second-order valence-corrected chi connectivity index (χ2v) is 5.14. The molecule has 0 bridgehead atoms. The van der Waals surface area contributed by atoms with E-state index < -0.39 is 18.3 Å². The van der Waals surface area contributed by atoms with E-state index in [0.29, 0.717) is 0 Å². The van der Waals surface area contributed by atoms with Gasteiger partial charge in [0.2, 0.25) is 0 Å². The Bertz CT molecular complexity index is 698. The van der Waals surface area contributed by atoms with Crippen molar-refractivity contribution in [3.8, 4) is 5.88 Å². The number of rotatable bonds is 7. The summed E-state index contributed by atoms with van der Waals surface area (Å²) in [6.45, 7) is -0.130. The summed E-state index contributed by atoms with van der Waals surface area (Å²) < 4.78 is 9.92. The molecule has 9 heteroatoms. The predicted octanol–water partition coefficient (Wildman–Crippen LogP) is 0.388. The van der Waals surface area contributed by atoms with Gasteiger partial charge in [-0.25, -0.2) is 14.8 Å². The maximum absolute atomic E-state index is 11.6. The lowest BCUT2D eigenvalue weighted by molar-refractivity contribution is 0.0154. The van der Waals surface area contributed by atoms with Gasteiger partial charge in [-0.2, -0.15) is 0 Å². The Balaban J connectivity index is 1.82. The van der Waals surface area contributed by atoms with Crippen molar-refractivity contribution in [2.75, 3.05) is 19.4 Å². The lowest BCUT2D eigenvalue weighted by Crippen LogP contribution is -2.36. The lowest BCUT2D eigenvalue weighted by Gasteiger charge is -2.18. The molecule has 1 aromatic carbocycles. The van der Waals surface area contributed by atoms with Crippen LogP contribution in [-0.2, 0) is 11.3 Å². The Morgan fingerprint density at radius 2 is 2.04 bits per heavy atom. The number of hydrogen-bond donors (Lipinski definition) is 4. The number of aliphatic hydroxyl groups excluding tert-OH is 2. The standard InChI is InChI=1S/C16H20N4O5/c1-24-15-14(17)18-7-11(20-15)13(22)12(21)8-19-16(23)25-9-10-5-3-2-4-6-10/h2-7,12-13,21-22H,8-9H2,1H3,(H2,17,18)(H,19,23). The molecule has 0 saturated heterocycles. The SMILES string of the molecule is COc1nc(C(O)C(O)CNC(=O)OCc2ccccc2)cnc1N. The molecular weight excluding hydrogens is 328 g/mol. The van der Waals surface area contributed by atoms with Crippen LogP contribution in [0.3, 0.4) is 0 Å². The van der Waals surface area contributed by atoms with Crippen molar-refractivity contribution in [3.05, 3.63) is 47.8 Å². The topological polar surface area (TPSA) is 140 Å². The number of hydrogen-bond acceptors (Lipinski definition) is 8. The molecule has 1 aromatic heterocycles. The zero-order chi connectivity index (χ0) is 18.2. The highest BCUT2D eigenvalue weighted by atomic mass is 16.5. The maximum atomic E-state index is 11.6. The summed E-state index contributed by atoms with van der Waals surface area (Å²) in [6.07, 6.45) is -2.18. The summed E-state index contributed by atoms with van der Waals surface area (Å²) in [7, 11) is 1.36. The molecule has 2 aromatic rings. The Labute approximate surface area is 144 Å². The number of benzene rings is 1. The number of nitrogen functional groups attached to an aromatic ring is 1. The zero-order valence-electron chi connectivity index (χ0n) is 13.6. The molecule has 0 aliphatic rings. The highest BCUT2D eigenvalue weighted by Crippen LogP contribution is 2.20. The van der Waals surface area contributed by atoms with Crippen LogP contribution in [0.4, 0.5) is 10.6 Å². The van der Waals surface area contributed by atoms with E-state index in [4.69, 9.17) is 15.2 Å². The minimum Gasteiger partial charge on any atom is -0.478 e. The van der Waals surface area contributed by atoms with Crippen molar-refractivity contribution in [2.45, 2.75) is 18.8 Å². The fourth-order valence-electron chi connectivity index (χ4n) is 1.96. The highest BCUT2D eigenvalue weighted by Gasteiger charge is 2.22. The van der Waals surface area contributed by atoms with Crippen molar-refractivity contribution >= 4 is 11.9 Å². The number of nitrogens with zero attached hydrogens (tertiary/aromatic N) is 2. The number of ether oxygens (including phenoxy) is 2. The summed E-state index contributed by atoms with van der Waals surface area (Å²) in [6, 6.07) is 9.16. The number of nitrogens with two attached hydrogens (primary N) is 1. The molecule has 9 nitrogen and oxygen atoms in total. The van der Waals surface area contributed by atoms with Crippen molar-refractivity contribution in [1.82, 2.24) is 15.3 Å². The Kier molecular flexibility index (Phi) is 6.49. The first kappa shape index (κ1) is 18.4. The second kappa shape index (κ2) is 8.81. The van der Waals surface area contributed by atoms with Crippen LogP contribution in [0.5, 0.6) is 5.88 Å². The molecule has 0 aliphatic heterocycles. The number of aromatic nitrogens is 2. The minimum atomic E-state index is -1.38. The molecule has 25 heavy (non-hydrogen) atoms. The van der Waals surface area contributed by atoms with E-state index in [0.717, 1.165) is 5.56 Å². The first-order valence-corrected chi connectivity index (χ1v) is 7.48. The number of nitrogens with one attached hydrogen (secondary N) is 1. The third kappa shape index (κ3) is 5.30. The molecule has 1 amide bonds. The summed E-state index contributed by atoms with van der Waals surface area (Å²) in [4.78, 5) is 19.4. The van der Waals surface area contributed by atoms with Crippen LogP contribution in [0.2, 0.25) is 0 Å². The van der Waals surface area contributed by atoms with Crippen LogP contribution < -0.4 is 15.8 Å². The van der Waals surface area contributed by atoms with E-state index >= 15 is 0 Å². The third-order valence-electron chi connectivity index (χ3n) is 3.31. The molecule has 2 rings (SSSR count). The molecule has 2 atom stereocenters. The number of amides is 1. The first-order valence-electron chi connectivity index (χ1n) is 7.48. The molecule has 134 valence electrons. The Morgan fingerprint density at radius 3 is 2.72 bits per heavy atom. The normalized spacial score (nSPS) is 12.9. The van der Waals surface area contributed by atoms with Gasteiger partial charge in [-0.3, -0.25) is 0 Å². The van der Waals surface area contributed by atoms with Gasteiger partial charge in [0.1, 0.15) is 18.8 Å². The number of anilines is 1. The second-order valence-electron chi connectivity index (χ2n) is 5.14. The maximum Gasteiger partial charge on any atom is 0.407 e. The van der Waals surface area contributed by atoms with Crippen molar-refractivity contribution < 1.29 is 24.5 Å². The molecule has 1 heterocycles. The third-order valence-corrected chi connectivity index (χ3v) is 3.31. The van der Waals surface area contributed by atoms with Crippen LogP contribution in [0.25, 0.3) is 0 Å². The Hall–Kier alpha value is -2.91. The van der Waals surface area contributed by atoms with E-state index in [9.17, 15) is 15.0 Å². The van der Waals surface area contributed by atoms with Crippen LogP contribution in [0.15, 0.2) is 36.5 Å². The van der Waals surface area contributed by atoms with Crippen molar-refractivity contribution in [2.24, 2.45) is 0 Å². The molecular formula is C16H20N4O5.